The number of anilines is 1. The number of aliphatic hydroxyl groups excluding tert-OH is 1. The Hall–Kier alpha value is -1.84. The van der Waals surface area contributed by atoms with E-state index in [1.807, 2.05) is 18.7 Å². The van der Waals surface area contributed by atoms with Crippen LogP contribution in [-0.2, 0) is 4.79 Å². The van der Waals surface area contributed by atoms with Crippen molar-refractivity contribution < 1.29 is 9.90 Å². The van der Waals surface area contributed by atoms with Gasteiger partial charge in [-0.25, -0.2) is 0 Å². The van der Waals surface area contributed by atoms with Crippen LogP contribution in [0.5, 0.6) is 0 Å². The molecule has 1 amide bonds. The minimum Gasteiger partial charge on any atom is -0.395 e. The van der Waals surface area contributed by atoms with Gasteiger partial charge in [-0.15, -0.1) is 0 Å². The third-order valence-electron chi connectivity index (χ3n) is 5.87. The molecule has 2 aliphatic rings. The molecule has 2 heterocycles. The van der Waals surface area contributed by atoms with Gasteiger partial charge in [-0.1, -0.05) is 12.8 Å². The highest BCUT2D eigenvalue weighted by Gasteiger charge is 2.29. The van der Waals surface area contributed by atoms with E-state index in [1.165, 1.54) is 12.8 Å². The van der Waals surface area contributed by atoms with Crippen molar-refractivity contribution in [2.24, 2.45) is 0 Å². The number of hydrogen-bond donors (Lipinski definition) is 2. The van der Waals surface area contributed by atoms with Gasteiger partial charge in [-0.05, 0) is 51.6 Å². The average Bonchev–Trinajstić information content (AvgIpc) is 3.30. The van der Waals surface area contributed by atoms with Gasteiger partial charge in [0.25, 0.3) is 0 Å². The maximum absolute atomic E-state index is 12.6. The van der Waals surface area contributed by atoms with Crippen LogP contribution in [0.3, 0.4) is 0 Å². The van der Waals surface area contributed by atoms with Crippen molar-refractivity contribution in [2.75, 3.05) is 25.0 Å². The first-order valence-electron chi connectivity index (χ1n) is 9.33. The Kier molecular flexibility index (Phi) is 5.45. The number of rotatable bonds is 5. The summed E-state index contributed by atoms with van der Waals surface area (Å²) < 4.78 is 2.17. The van der Waals surface area contributed by atoms with E-state index in [2.05, 4.69) is 16.0 Å². The van der Waals surface area contributed by atoms with Gasteiger partial charge in [0.15, 0.2) is 0 Å². The van der Waals surface area contributed by atoms with Crippen molar-refractivity contribution in [1.29, 1.82) is 5.26 Å². The zero-order valence-corrected chi connectivity index (χ0v) is 15.2. The fourth-order valence-corrected chi connectivity index (χ4v) is 4.37. The lowest BCUT2D eigenvalue weighted by Crippen LogP contribution is -2.38. The highest BCUT2D eigenvalue weighted by molar-refractivity contribution is 5.93. The molecule has 0 aromatic carbocycles. The maximum Gasteiger partial charge on any atom is 0.239 e. The second-order valence-corrected chi connectivity index (χ2v) is 7.35. The molecule has 1 aromatic heterocycles. The molecule has 136 valence electrons. The third kappa shape index (κ3) is 3.44. The van der Waals surface area contributed by atoms with E-state index in [4.69, 9.17) is 0 Å². The molecule has 25 heavy (non-hydrogen) atoms. The first-order valence-corrected chi connectivity index (χ1v) is 9.33. The van der Waals surface area contributed by atoms with Crippen LogP contribution in [0.25, 0.3) is 0 Å². The zero-order valence-electron chi connectivity index (χ0n) is 15.2. The monoisotopic (exact) mass is 344 g/mol. The molecule has 1 saturated heterocycles. The Labute approximate surface area is 149 Å². The van der Waals surface area contributed by atoms with Gasteiger partial charge >= 0.3 is 0 Å². The van der Waals surface area contributed by atoms with E-state index in [1.54, 1.807) is 0 Å². The molecule has 1 saturated carbocycles. The van der Waals surface area contributed by atoms with Crippen molar-refractivity contribution in [3.63, 3.8) is 0 Å². The number of carbonyl (C=O) groups is 1. The van der Waals surface area contributed by atoms with Crippen LogP contribution in [0, 0.1) is 25.2 Å². The van der Waals surface area contributed by atoms with Crippen LogP contribution >= 0.6 is 0 Å². The predicted molar refractivity (Wildman–Crippen MR) is 96.4 cm³/mol. The summed E-state index contributed by atoms with van der Waals surface area (Å²) in [6.07, 6.45) is 6.54. The van der Waals surface area contributed by atoms with Crippen LogP contribution in [0.1, 0.15) is 61.4 Å². The number of aliphatic hydroxyl groups is 1. The quantitative estimate of drug-likeness (QED) is 0.860. The molecule has 1 aliphatic heterocycles. The van der Waals surface area contributed by atoms with E-state index >= 15 is 0 Å². The molecule has 0 bridgehead atoms. The Morgan fingerprint density at radius 3 is 2.64 bits per heavy atom. The SMILES string of the molecule is Cc1c(C#N)c(NC(=O)CN2CCC[C@H]2CO)n(C2CCCC2)c1C. The number of hydrogen-bond acceptors (Lipinski definition) is 4. The van der Waals surface area contributed by atoms with Crippen molar-refractivity contribution in [2.45, 2.75) is 64.5 Å². The molecule has 6 heteroatoms. The zero-order chi connectivity index (χ0) is 18.0. The summed E-state index contributed by atoms with van der Waals surface area (Å²) in [6.45, 7) is 5.19. The predicted octanol–water partition coefficient (Wildman–Crippen LogP) is 2.49. The van der Waals surface area contributed by atoms with Crippen molar-refractivity contribution in [3.8, 4) is 6.07 Å². The smallest absolute Gasteiger partial charge is 0.239 e. The number of nitriles is 1. The van der Waals surface area contributed by atoms with Gasteiger partial charge in [0.2, 0.25) is 5.91 Å². The fourth-order valence-electron chi connectivity index (χ4n) is 4.37. The number of carbonyl (C=O) groups excluding carboxylic acids is 1. The summed E-state index contributed by atoms with van der Waals surface area (Å²) in [5, 5.41) is 22.0. The van der Waals surface area contributed by atoms with Gasteiger partial charge < -0.3 is 15.0 Å². The Morgan fingerprint density at radius 1 is 1.28 bits per heavy atom. The third-order valence-corrected chi connectivity index (χ3v) is 5.87. The molecule has 1 aromatic rings. The normalized spacial score (nSPS) is 21.6. The second-order valence-electron chi connectivity index (χ2n) is 7.35. The van der Waals surface area contributed by atoms with Crippen molar-refractivity contribution in [1.82, 2.24) is 9.47 Å². The fraction of sp³-hybridized carbons (Fsp3) is 0.684. The molecule has 2 fully saturated rings. The second kappa shape index (κ2) is 7.59. The molecular formula is C19H28N4O2. The minimum atomic E-state index is -0.103. The number of likely N-dealkylation sites (tertiary alicyclic amines) is 1. The first kappa shape index (κ1) is 18.0. The molecule has 2 N–H and O–H groups in total. The highest BCUT2D eigenvalue weighted by atomic mass is 16.3. The van der Waals surface area contributed by atoms with Gasteiger partial charge in [0.1, 0.15) is 11.9 Å². The summed E-state index contributed by atoms with van der Waals surface area (Å²) in [7, 11) is 0. The first-order chi connectivity index (χ1) is 12.1. The number of amides is 1. The van der Waals surface area contributed by atoms with Gasteiger partial charge in [0, 0.05) is 17.8 Å². The van der Waals surface area contributed by atoms with E-state index < -0.39 is 0 Å². The van der Waals surface area contributed by atoms with Crippen LogP contribution in [0.2, 0.25) is 0 Å². The summed E-state index contributed by atoms with van der Waals surface area (Å²) in [5.41, 5.74) is 2.62. The van der Waals surface area contributed by atoms with E-state index in [-0.39, 0.29) is 25.1 Å². The summed E-state index contributed by atoms with van der Waals surface area (Å²) >= 11 is 0. The van der Waals surface area contributed by atoms with Crippen molar-refractivity contribution >= 4 is 11.7 Å². The molecule has 1 aliphatic carbocycles. The number of nitrogens with zero attached hydrogens (tertiary/aromatic N) is 3. The topological polar surface area (TPSA) is 81.3 Å². The van der Waals surface area contributed by atoms with E-state index in [0.29, 0.717) is 17.4 Å². The van der Waals surface area contributed by atoms with Crippen LogP contribution < -0.4 is 5.32 Å². The summed E-state index contributed by atoms with van der Waals surface area (Å²) in [4.78, 5) is 14.7. The maximum atomic E-state index is 12.6. The van der Waals surface area contributed by atoms with E-state index in [9.17, 15) is 15.2 Å². The number of aromatic nitrogens is 1. The summed E-state index contributed by atoms with van der Waals surface area (Å²) in [6, 6.07) is 2.72. The highest BCUT2D eigenvalue weighted by Crippen LogP contribution is 2.37. The van der Waals surface area contributed by atoms with Gasteiger partial charge in [-0.3, -0.25) is 9.69 Å². The molecule has 6 nitrogen and oxygen atoms in total. The van der Waals surface area contributed by atoms with Crippen LogP contribution in [-0.4, -0.2) is 46.2 Å². The Balaban J connectivity index is 1.82. The molecule has 1 atom stereocenters. The lowest BCUT2D eigenvalue weighted by atomic mass is 10.2. The van der Waals surface area contributed by atoms with Gasteiger partial charge in [0.05, 0.1) is 18.7 Å². The molecule has 0 radical (unpaired) electrons. The molecule has 3 rings (SSSR count). The standard InChI is InChI=1S/C19H28N4O2/c1-13-14(2)23(15-6-3-4-7-15)19(17(13)10-20)21-18(25)11-22-9-5-8-16(22)12-24/h15-16,24H,3-9,11-12H2,1-2H3,(H,21,25)/t16-/m0/s1. The summed E-state index contributed by atoms with van der Waals surface area (Å²) in [5.74, 6) is 0.558. The largest absolute Gasteiger partial charge is 0.395 e. The van der Waals surface area contributed by atoms with Crippen LogP contribution in [0.4, 0.5) is 5.82 Å². The Morgan fingerprint density at radius 2 is 2.00 bits per heavy atom. The van der Waals surface area contributed by atoms with Crippen LogP contribution in [0.15, 0.2) is 0 Å². The average molecular weight is 344 g/mol. The molecular weight excluding hydrogens is 316 g/mol. The number of nitrogens with one attached hydrogen (secondary N) is 1. The lowest BCUT2D eigenvalue weighted by molar-refractivity contribution is -0.117. The molecule has 0 spiro atoms. The lowest BCUT2D eigenvalue weighted by Gasteiger charge is -2.23. The van der Waals surface area contributed by atoms with Crippen molar-refractivity contribution in [3.05, 3.63) is 16.8 Å². The van der Waals surface area contributed by atoms with E-state index in [0.717, 1.165) is 43.5 Å². The minimum absolute atomic E-state index is 0.0753. The molecule has 0 unspecified atom stereocenters. The van der Waals surface area contributed by atoms with Gasteiger partial charge in [-0.2, -0.15) is 5.26 Å². The Bertz CT molecular complexity index is 683.